The largest absolute Gasteiger partial charge is 0.448 e. The van der Waals surface area contributed by atoms with E-state index in [1.165, 1.54) is 22.3 Å². The predicted molar refractivity (Wildman–Crippen MR) is 170 cm³/mol. The van der Waals surface area contributed by atoms with Gasteiger partial charge in [0, 0.05) is 42.2 Å². The van der Waals surface area contributed by atoms with Crippen molar-refractivity contribution in [3.8, 4) is 11.1 Å². The SMILES string of the molecule is Cc1c(I)cc(CN2CCN(C(=O)OCC3c4ccccc4-c4ccccc43)CC2)c(C)c1NC(=O)OC(C)(C)C. The monoisotopic (exact) mass is 667 g/mol. The van der Waals surface area contributed by atoms with E-state index < -0.39 is 11.7 Å². The number of rotatable bonds is 5. The summed E-state index contributed by atoms with van der Waals surface area (Å²) in [5, 5.41) is 2.97. The van der Waals surface area contributed by atoms with Crippen LogP contribution >= 0.6 is 22.6 Å². The first-order chi connectivity index (χ1) is 19.5. The molecule has 8 heteroatoms. The molecule has 1 N–H and O–H groups in total. The molecule has 1 aliphatic carbocycles. The molecule has 0 unspecified atom stereocenters. The van der Waals surface area contributed by atoms with Crippen LogP contribution in [0.3, 0.4) is 0 Å². The molecular weight excluding hydrogens is 629 g/mol. The van der Waals surface area contributed by atoms with Crippen LogP contribution in [0, 0.1) is 17.4 Å². The van der Waals surface area contributed by atoms with Crippen molar-refractivity contribution in [2.45, 2.75) is 52.7 Å². The van der Waals surface area contributed by atoms with E-state index in [2.05, 4.69) is 75.3 Å². The Bertz CT molecular complexity index is 1410. The molecule has 41 heavy (non-hydrogen) atoms. The number of fused-ring (bicyclic) bond motifs is 3. The molecule has 7 nitrogen and oxygen atoms in total. The van der Waals surface area contributed by atoms with Gasteiger partial charge >= 0.3 is 12.2 Å². The zero-order valence-corrected chi connectivity index (χ0v) is 26.6. The molecule has 0 aromatic heterocycles. The molecule has 2 aliphatic rings. The number of carbonyl (C=O) groups is 2. The molecule has 0 spiro atoms. The topological polar surface area (TPSA) is 71.1 Å². The Hall–Kier alpha value is -3.11. The quantitative estimate of drug-likeness (QED) is 0.289. The smallest absolute Gasteiger partial charge is 0.412 e. The Kier molecular flexibility index (Phi) is 8.61. The first kappa shape index (κ1) is 29.4. The Morgan fingerprint density at radius 2 is 1.51 bits per heavy atom. The third-order valence-corrected chi connectivity index (χ3v) is 9.00. The van der Waals surface area contributed by atoms with Crippen LogP contribution in [0.15, 0.2) is 54.6 Å². The van der Waals surface area contributed by atoms with Gasteiger partial charge in [-0.1, -0.05) is 48.5 Å². The Labute approximate surface area is 256 Å². The van der Waals surface area contributed by atoms with E-state index in [9.17, 15) is 9.59 Å². The van der Waals surface area contributed by atoms with E-state index in [0.29, 0.717) is 19.7 Å². The highest BCUT2D eigenvalue weighted by Crippen LogP contribution is 2.44. The van der Waals surface area contributed by atoms with Gasteiger partial charge in [-0.15, -0.1) is 0 Å². The van der Waals surface area contributed by atoms with E-state index >= 15 is 0 Å². The summed E-state index contributed by atoms with van der Waals surface area (Å²) in [5.41, 5.74) is 8.34. The van der Waals surface area contributed by atoms with E-state index in [4.69, 9.17) is 9.47 Å². The molecule has 1 fully saturated rings. The fourth-order valence-corrected chi connectivity index (χ4v) is 6.35. The van der Waals surface area contributed by atoms with Gasteiger partial charge < -0.3 is 14.4 Å². The van der Waals surface area contributed by atoms with Crippen molar-refractivity contribution in [3.05, 3.63) is 86.0 Å². The van der Waals surface area contributed by atoms with Crippen LogP contribution in [0.2, 0.25) is 0 Å². The lowest BCUT2D eigenvalue weighted by Gasteiger charge is -2.34. The summed E-state index contributed by atoms with van der Waals surface area (Å²) in [6, 6.07) is 18.9. The van der Waals surface area contributed by atoms with E-state index in [1.54, 1.807) is 0 Å². The Morgan fingerprint density at radius 1 is 0.927 bits per heavy atom. The van der Waals surface area contributed by atoms with Gasteiger partial charge in [0.05, 0.1) is 5.69 Å². The number of piperazine rings is 1. The minimum atomic E-state index is -0.566. The summed E-state index contributed by atoms with van der Waals surface area (Å²) in [6.07, 6.45) is -0.704. The van der Waals surface area contributed by atoms with Gasteiger partial charge in [-0.25, -0.2) is 9.59 Å². The molecule has 0 atom stereocenters. The van der Waals surface area contributed by atoms with Gasteiger partial charge in [-0.2, -0.15) is 0 Å². The molecule has 1 heterocycles. The second kappa shape index (κ2) is 12.0. The molecule has 3 aromatic carbocycles. The highest BCUT2D eigenvalue weighted by Gasteiger charge is 2.30. The number of anilines is 1. The van der Waals surface area contributed by atoms with Crippen LogP contribution in [-0.2, 0) is 16.0 Å². The number of carbonyl (C=O) groups excluding carboxylic acids is 2. The minimum Gasteiger partial charge on any atom is -0.448 e. The van der Waals surface area contributed by atoms with Crippen molar-refractivity contribution in [1.82, 2.24) is 9.80 Å². The van der Waals surface area contributed by atoms with Crippen molar-refractivity contribution >= 4 is 40.5 Å². The summed E-state index contributed by atoms with van der Waals surface area (Å²) in [7, 11) is 0. The molecule has 0 bridgehead atoms. The van der Waals surface area contributed by atoms with Crippen molar-refractivity contribution in [1.29, 1.82) is 0 Å². The molecular formula is C33H38IN3O4. The first-order valence-corrected chi connectivity index (χ1v) is 15.2. The van der Waals surface area contributed by atoms with Gasteiger partial charge in [0.25, 0.3) is 0 Å². The third-order valence-electron chi connectivity index (χ3n) is 7.88. The molecule has 1 aliphatic heterocycles. The maximum atomic E-state index is 13.1. The molecule has 0 radical (unpaired) electrons. The van der Waals surface area contributed by atoms with Crippen molar-refractivity contribution in [3.63, 3.8) is 0 Å². The van der Waals surface area contributed by atoms with Crippen molar-refractivity contribution in [2.75, 3.05) is 38.1 Å². The summed E-state index contributed by atoms with van der Waals surface area (Å²) >= 11 is 2.32. The van der Waals surface area contributed by atoms with Gasteiger partial charge in [-0.05, 0) is 102 Å². The Balaban J connectivity index is 1.18. The zero-order chi connectivity index (χ0) is 29.3. The lowest BCUT2D eigenvalue weighted by Crippen LogP contribution is -2.48. The number of nitrogens with zero attached hydrogens (tertiary/aromatic N) is 2. The zero-order valence-electron chi connectivity index (χ0n) is 24.4. The Morgan fingerprint density at radius 3 is 2.10 bits per heavy atom. The van der Waals surface area contributed by atoms with Gasteiger partial charge in [0.15, 0.2) is 0 Å². The number of hydrogen-bond donors (Lipinski definition) is 1. The van der Waals surface area contributed by atoms with E-state index in [1.807, 2.05) is 51.7 Å². The number of benzene rings is 3. The summed E-state index contributed by atoms with van der Waals surface area (Å²) < 4.78 is 12.5. The number of halogens is 1. The van der Waals surface area contributed by atoms with Gasteiger partial charge in [-0.3, -0.25) is 10.2 Å². The standard InChI is InChI=1S/C33H38IN3O4/c1-21-23(18-29(34)22(2)30(21)35-31(38)41-33(3,4)5)19-36-14-16-37(17-15-36)32(39)40-20-28-26-12-8-6-10-24(26)25-11-7-9-13-27(25)28/h6-13,18,28H,14-17,19-20H2,1-5H3,(H,35,38). The molecule has 216 valence electrons. The first-order valence-electron chi connectivity index (χ1n) is 14.1. The van der Waals surface area contributed by atoms with Crippen molar-refractivity contribution < 1.29 is 19.1 Å². The molecule has 5 rings (SSSR count). The average Bonchev–Trinajstić information content (AvgIpc) is 3.26. The predicted octanol–water partition coefficient (Wildman–Crippen LogP) is 7.32. The lowest BCUT2D eigenvalue weighted by molar-refractivity contribution is 0.0635. The summed E-state index contributed by atoms with van der Waals surface area (Å²) in [5.74, 6) is 0.0584. The lowest BCUT2D eigenvalue weighted by atomic mass is 9.98. The number of amides is 2. The number of nitrogens with one attached hydrogen (secondary N) is 1. The van der Waals surface area contributed by atoms with Crippen LogP contribution in [0.25, 0.3) is 11.1 Å². The van der Waals surface area contributed by atoms with Gasteiger partial charge in [0.1, 0.15) is 12.2 Å². The van der Waals surface area contributed by atoms with Crippen LogP contribution in [0.5, 0.6) is 0 Å². The highest BCUT2D eigenvalue weighted by molar-refractivity contribution is 14.1. The average molecular weight is 668 g/mol. The van der Waals surface area contributed by atoms with Crippen LogP contribution < -0.4 is 5.32 Å². The summed E-state index contributed by atoms with van der Waals surface area (Å²) in [6.45, 7) is 13.4. The summed E-state index contributed by atoms with van der Waals surface area (Å²) in [4.78, 5) is 29.7. The van der Waals surface area contributed by atoms with Crippen LogP contribution in [0.4, 0.5) is 15.3 Å². The molecule has 1 saturated heterocycles. The normalized spacial score (nSPS) is 15.3. The fourth-order valence-electron chi connectivity index (χ4n) is 5.70. The third kappa shape index (κ3) is 6.54. The second-order valence-electron chi connectivity index (χ2n) is 11.8. The maximum Gasteiger partial charge on any atom is 0.412 e. The van der Waals surface area contributed by atoms with Gasteiger partial charge in [0.2, 0.25) is 0 Å². The van der Waals surface area contributed by atoms with Crippen LogP contribution in [-0.4, -0.2) is 60.4 Å². The van der Waals surface area contributed by atoms with E-state index in [0.717, 1.165) is 45.6 Å². The number of hydrogen-bond acceptors (Lipinski definition) is 5. The van der Waals surface area contributed by atoms with E-state index in [-0.39, 0.29) is 12.0 Å². The minimum absolute atomic E-state index is 0.0584. The molecule has 0 saturated carbocycles. The van der Waals surface area contributed by atoms with Crippen molar-refractivity contribution in [2.24, 2.45) is 0 Å². The fraction of sp³-hybridized carbons (Fsp3) is 0.394. The highest BCUT2D eigenvalue weighted by atomic mass is 127. The number of ether oxygens (including phenoxy) is 2. The second-order valence-corrected chi connectivity index (χ2v) is 13.0. The molecule has 2 amide bonds. The van der Waals surface area contributed by atoms with Crippen LogP contribution in [0.1, 0.15) is 54.5 Å². The maximum absolute atomic E-state index is 13.1. The molecule has 3 aromatic rings.